The molecule has 0 unspecified atom stereocenters. The first kappa shape index (κ1) is 9.18. The van der Waals surface area contributed by atoms with Gasteiger partial charge in [-0.3, -0.25) is 5.32 Å². The molecule has 0 aromatic heterocycles. The SMILES string of the molecule is CC(C)CNC(=S)NC#N. The topological polar surface area (TPSA) is 47.8 Å². The summed E-state index contributed by atoms with van der Waals surface area (Å²) in [5, 5.41) is 13.7. The Bertz CT molecular complexity index is 148. The average Bonchev–Trinajstić information content (AvgIpc) is 1.85. The summed E-state index contributed by atoms with van der Waals surface area (Å²) in [6.45, 7) is 4.94. The van der Waals surface area contributed by atoms with E-state index < -0.39 is 0 Å². The first-order chi connectivity index (χ1) is 4.66. The fourth-order valence-corrected chi connectivity index (χ4v) is 0.521. The summed E-state index contributed by atoms with van der Waals surface area (Å²) >= 11 is 4.73. The van der Waals surface area contributed by atoms with Gasteiger partial charge >= 0.3 is 0 Å². The van der Waals surface area contributed by atoms with Crippen molar-refractivity contribution in [3.05, 3.63) is 0 Å². The Hall–Kier alpha value is -0.820. The lowest BCUT2D eigenvalue weighted by Gasteiger charge is -2.06. The third-order valence-electron chi connectivity index (χ3n) is 0.840. The molecule has 56 valence electrons. The zero-order valence-electron chi connectivity index (χ0n) is 6.14. The molecule has 0 radical (unpaired) electrons. The van der Waals surface area contributed by atoms with Crippen LogP contribution < -0.4 is 10.6 Å². The number of hydrogen-bond donors (Lipinski definition) is 2. The van der Waals surface area contributed by atoms with Crippen molar-refractivity contribution in [1.29, 1.82) is 5.26 Å². The van der Waals surface area contributed by atoms with Gasteiger partial charge in [-0.2, -0.15) is 5.26 Å². The summed E-state index contributed by atoms with van der Waals surface area (Å²) in [5.74, 6) is 0.540. The molecule has 0 aliphatic carbocycles. The molecule has 0 bridgehead atoms. The molecule has 0 saturated heterocycles. The van der Waals surface area contributed by atoms with Crippen molar-refractivity contribution in [3.8, 4) is 6.19 Å². The lowest BCUT2D eigenvalue weighted by Crippen LogP contribution is -2.34. The fraction of sp³-hybridized carbons (Fsp3) is 0.667. The second kappa shape index (κ2) is 5.00. The van der Waals surface area contributed by atoms with Gasteiger partial charge in [-0.25, -0.2) is 0 Å². The highest BCUT2D eigenvalue weighted by atomic mass is 32.1. The van der Waals surface area contributed by atoms with Crippen LogP contribution in [0.15, 0.2) is 0 Å². The number of rotatable bonds is 2. The molecule has 3 nitrogen and oxygen atoms in total. The largest absolute Gasteiger partial charge is 0.362 e. The van der Waals surface area contributed by atoms with Crippen LogP contribution in [0.25, 0.3) is 0 Å². The van der Waals surface area contributed by atoms with Crippen LogP contribution in [0.1, 0.15) is 13.8 Å². The van der Waals surface area contributed by atoms with E-state index in [0.29, 0.717) is 11.0 Å². The Morgan fingerprint density at radius 2 is 2.30 bits per heavy atom. The molecular weight excluding hydrogens is 146 g/mol. The predicted octanol–water partition coefficient (Wildman–Crippen LogP) is 0.588. The van der Waals surface area contributed by atoms with E-state index in [1.165, 1.54) is 0 Å². The van der Waals surface area contributed by atoms with Gasteiger partial charge in [0.25, 0.3) is 0 Å². The first-order valence-electron chi connectivity index (χ1n) is 3.09. The molecule has 4 heteroatoms. The van der Waals surface area contributed by atoms with Gasteiger partial charge in [-0.1, -0.05) is 13.8 Å². The monoisotopic (exact) mass is 157 g/mol. The fourth-order valence-electron chi connectivity index (χ4n) is 0.392. The second-order valence-corrected chi connectivity index (χ2v) is 2.75. The summed E-state index contributed by atoms with van der Waals surface area (Å²) in [4.78, 5) is 0. The minimum absolute atomic E-state index is 0.399. The standard InChI is InChI=1S/C6H11N3S/c1-5(2)3-8-6(10)9-4-7/h5H,3H2,1-2H3,(H2,8,9,10). The van der Waals surface area contributed by atoms with Crippen molar-refractivity contribution < 1.29 is 0 Å². The third-order valence-corrected chi connectivity index (χ3v) is 1.09. The maximum atomic E-state index is 8.11. The van der Waals surface area contributed by atoms with Crippen molar-refractivity contribution in [3.63, 3.8) is 0 Å². The molecule has 0 amide bonds. The number of hydrogen-bond acceptors (Lipinski definition) is 2. The van der Waals surface area contributed by atoms with Crippen LogP contribution in [0, 0.1) is 17.4 Å². The Morgan fingerprint density at radius 3 is 2.70 bits per heavy atom. The van der Waals surface area contributed by atoms with Gasteiger partial charge in [0.05, 0.1) is 0 Å². The van der Waals surface area contributed by atoms with Gasteiger partial charge in [-0.05, 0) is 18.1 Å². The van der Waals surface area contributed by atoms with Crippen molar-refractivity contribution in [2.45, 2.75) is 13.8 Å². The maximum absolute atomic E-state index is 8.11. The van der Waals surface area contributed by atoms with Crippen LogP contribution in [0.3, 0.4) is 0 Å². The number of nitrogens with zero attached hydrogens (tertiary/aromatic N) is 1. The second-order valence-electron chi connectivity index (χ2n) is 2.34. The van der Waals surface area contributed by atoms with E-state index >= 15 is 0 Å². The molecule has 0 aliphatic rings. The van der Waals surface area contributed by atoms with E-state index in [0.717, 1.165) is 6.54 Å². The Morgan fingerprint density at radius 1 is 1.70 bits per heavy atom. The van der Waals surface area contributed by atoms with Crippen LogP contribution in [-0.4, -0.2) is 11.7 Å². The van der Waals surface area contributed by atoms with Crippen LogP contribution in [0.4, 0.5) is 0 Å². The van der Waals surface area contributed by atoms with E-state index in [-0.39, 0.29) is 0 Å². The third kappa shape index (κ3) is 5.32. The summed E-state index contributed by atoms with van der Waals surface area (Å²) < 4.78 is 0. The van der Waals surface area contributed by atoms with Crippen LogP contribution in [-0.2, 0) is 0 Å². The van der Waals surface area contributed by atoms with E-state index in [2.05, 4.69) is 24.5 Å². The molecule has 0 fully saturated rings. The van der Waals surface area contributed by atoms with Gasteiger partial charge in [0.2, 0.25) is 0 Å². The van der Waals surface area contributed by atoms with Crippen molar-refractivity contribution in [2.75, 3.05) is 6.54 Å². The molecule has 10 heavy (non-hydrogen) atoms. The molecule has 0 rings (SSSR count). The molecule has 0 aromatic rings. The quantitative estimate of drug-likeness (QED) is 0.350. The molecule has 0 aromatic carbocycles. The molecule has 0 heterocycles. The maximum Gasteiger partial charge on any atom is 0.183 e. The van der Waals surface area contributed by atoms with E-state index in [9.17, 15) is 0 Å². The van der Waals surface area contributed by atoms with Crippen molar-refractivity contribution in [1.82, 2.24) is 10.6 Å². The van der Waals surface area contributed by atoms with Gasteiger partial charge in [0.15, 0.2) is 11.3 Å². The minimum Gasteiger partial charge on any atom is -0.362 e. The van der Waals surface area contributed by atoms with E-state index in [1.54, 1.807) is 6.19 Å². The summed E-state index contributed by atoms with van der Waals surface area (Å²) in [6, 6.07) is 0. The van der Waals surface area contributed by atoms with Gasteiger partial charge < -0.3 is 5.32 Å². The summed E-state index contributed by atoms with van der Waals surface area (Å²) in [7, 11) is 0. The Balaban J connectivity index is 3.33. The highest BCUT2D eigenvalue weighted by Crippen LogP contribution is 1.85. The lowest BCUT2D eigenvalue weighted by molar-refractivity contribution is 0.624. The summed E-state index contributed by atoms with van der Waals surface area (Å²) in [6.07, 6.45) is 1.74. The predicted molar refractivity (Wildman–Crippen MR) is 44.2 cm³/mol. The van der Waals surface area contributed by atoms with Gasteiger partial charge in [0, 0.05) is 6.54 Å². The molecule has 0 saturated carbocycles. The average molecular weight is 157 g/mol. The van der Waals surface area contributed by atoms with Crippen LogP contribution in [0.2, 0.25) is 0 Å². The molecule has 2 N–H and O–H groups in total. The zero-order valence-corrected chi connectivity index (χ0v) is 6.96. The van der Waals surface area contributed by atoms with Crippen molar-refractivity contribution >= 4 is 17.3 Å². The van der Waals surface area contributed by atoms with E-state index in [1.807, 2.05) is 0 Å². The Kier molecular flexibility index (Phi) is 4.59. The number of nitrogens with one attached hydrogen (secondary N) is 2. The Labute approximate surface area is 66.4 Å². The van der Waals surface area contributed by atoms with Crippen LogP contribution >= 0.6 is 12.2 Å². The first-order valence-corrected chi connectivity index (χ1v) is 3.50. The lowest BCUT2D eigenvalue weighted by atomic mass is 10.2. The van der Waals surface area contributed by atoms with Gasteiger partial charge in [-0.15, -0.1) is 0 Å². The molecule has 0 atom stereocenters. The number of nitriles is 1. The highest BCUT2D eigenvalue weighted by Gasteiger charge is 1.94. The van der Waals surface area contributed by atoms with Crippen LogP contribution in [0.5, 0.6) is 0 Å². The number of thiocarbonyl (C=S) groups is 1. The zero-order chi connectivity index (χ0) is 7.98. The van der Waals surface area contributed by atoms with Gasteiger partial charge in [0.1, 0.15) is 0 Å². The molecular formula is C6H11N3S. The molecule has 0 spiro atoms. The van der Waals surface area contributed by atoms with E-state index in [4.69, 9.17) is 17.5 Å². The highest BCUT2D eigenvalue weighted by molar-refractivity contribution is 7.80. The summed E-state index contributed by atoms with van der Waals surface area (Å²) in [5.41, 5.74) is 0. The van der Waals surface area contributed by atoms with Crippen molar-refractivity contribution in [2.24, 2.45) is 5.92 Å². The minimum atomic E-state index is 0.399. The normalized spacial score (nSPS) is 8.60. The molecule has 0 aliphatic heterocycles. The smallest absolute Gasteiger partial charge is 0.183 e.